The first-order valence-corrected chi connectivity index (χ1v) is 12.9. The number of aromatic carboxylic acids is 1. The van der Waals surface area contributed by atoms with Crippen molar-refractivity contribution in [3.8, 4) is 22.5 Å². The standard InChI is InChI=1S/C17H12FNO2.C16H10FNO2.CH4O.Na.H2O/c1-21-17(20)15-10-11-6-2-3-7-12(11)16(19-15)13-8-4-5-9-14(13)18;17-13-8-4-3-7-12(13)15-11-6-2-1-5-10(11)9-14(18-15)16(19)20;1-2;;/h2-10H,1H3;1-9H,(H,19,20);2H,1H3;;1H2/q;;;+1;/p-1. The van der Waals surface area contributed by atoms with E-state index in [0.29, 0.717) is 22.5 Å². The third-order valence-corrected chi connectivity index (χ3v) is 6.35. The van der Waals surface area contributed by atoms with Gasteiger partial charge in [0.15, 0.2) is 0 Å². The van der Waals surface area contributed by atoms with Crippen LogP contribution in [0, 0.1) is 11.6 Å². The number of hydrogen-bond acceptors (Lipinski definition) is 7. The summed E-state index contributed by atoms with van der Waals surface area (Å²) >= 11 is 0. The maximum atomic E-state index is 14.1. The normalized spacial score (nSPS) is 9.80. The van der Waals surface area contributed by atoms with Crippen LogP contribution in [0.25, 0.3) is 44.1 Å². The number of benzene rings is 4. The maximum Gasteiger partial charge on any atom is 1.00 e. The largest absolute Gasteiger partial charge is 1.00 e. The van der Waals surface area contributed by atoms with E-state index in [2.05, 4.69) is 9.97 Å². The topological polar surface area (TPSA) is 140 Å². The van der Waals surface area contributed by atoms with Crippen molar-refractivity contribution >= 4 is 33.5 Å². The van der Waals surface area contributed by atoms with Crippen molar-refractivity contribution in [2.45, 2.75) is 0 Å². The number of carbonyl (C=O) groups excluding carboxylic acids is 1. The van der Waals surface area contributed by atoms with E-state index >= 15 is 0 Å². The Labute approximate surface area is 279 Å². The van der Waals surface area contributed by atoms with Crippen LogP contribution in [0.4, 0.5) is 8.78 Å². The van der Waals surface area contributed by atoms with E-state index in [1.807, 2.05) is 30.3 Å². The fourth-order valence-electron chi connectivity index (χ4n) is 4.43. The zero-order valence-electron chi connectivity index (χ0n) is 24.6. The molecule has 0 fully saturated rings. The number of rotatable bonds is 4. The van der Waals surface area contributed by atoms with Gasteiger partial charge in [-0.25, -0.2) is 28.3 Å². The van der Waals surface area contributed by atoms with Crippen LogP contribution in [-0.2, 0) is 4.74 Å². The van der Waals surface area contributed by atoms with E-state index in [4.69, 9.17) is 14.9 Å². The third-order valence-electron chi connectivity index (χ3n) is 6.35. The molecule has 3 N–H and O–H groups in total. The van der Waals surface area contributed by atoms with Gasteiger partial charge in [0.2, 0.25) is 0 Å². The number of methoxy groups -OCH3 is 1. The molecule has 0 saturated heterocycles. The first-order valence-electron chi connectivity index (χ1n) is 12.9. The second-order valence-electron chi connectivity index (χ2n) is 8.91. The van der Waals surface area contributed by atoms with Crippen LogP contribution in [0.1, 0.15) is 21.0 Å². The number of carboxylic acids is 1. The Bertz CT molecular complexity index is 1940. The molecule has 2 heterocycles. The SMILES string of the molecule is CO.COC(=O)c1cc2ccccc2c(-c2ccccc2F)n1.O=C(O)c1cc2ccccc2c(-c2ccccc2F)n1.[Na+].[OH-]. The number of aromatic nitrogens is 2. The molecule has 0 saturated carbocycles. The predicted octanol–water partition coefficient (Wildman–Crippen LogP) is 4.00. The van der Waals surface area contributed by atoms with Crippen molar-refractivity contribution in [2.24, 2.45) is 0 Å². The second-order valence-corrected chi connectivity index (χ2v) is 8.91. The van der Waals surface area contributed by atoms with Gasteiger partial charge in [-0.05, 0) is 47.2 Å². The molecule has 8 nitrogen and oxygen atoms in total. The molecule has 6 aromatic rings. The van der Waals surface area contributed by atoms with E-state index in [0.717, 1.165) is 28.7 Å². The summed E-state index contributed by atoms with van der Waals surface area (Å²) in [4.78, 5) is 31.3. The van der Waals surface area contributed by atoms with Gasteiger partial charge in [0.25, 0.3) is 0 Å². The zero-order valence-corrected chi connectivity index (χ0v) is 26.6. The van der Waals surface area contributed by atoms with Gasteiger partial charge in [-0.2, -0.15) is 0 Å². The van der Waals surface area contributed by atoms with Gasteiger partial charge in [0, 0.05) is 29.0 Å². The minimum Gasteiger partial charge on any atom is -0.870 e. The molecule has 4 aromatic carbocycles. The Morgan fingerprint density at radius 3 is 1.44 bits per heavy atom. The Hall–Kier alpha value is -4.58. The van der Waals surface area contributed by atoms with Crippen molar-refractivity contribution < 1.29 is 68.4 Å². The molecule has 11 heteroatoms. The molecular formula is C34H27F2N2NaO6. The molecule has 6 rings (SSSR count). The van der Waals surface area contributed by atoms with Crippen LogP contribution >= 0.6 is 0 Å². The quantitative estimate of drug-likeness (QED) is 0.223. The third kappa shape index (κ3) is 8.33. The van der Waals surface area contributed by atoms with Gasteiger partial charge < -0.3 is 20.4 Å². The Kier molecular flexibility index (Phi) is 13.9. The number of aliphatic hydroxyl groups is 1. The fourth-order valence-corrected chi connectivity index (χ4v) is 4.43. The van der Waals surface area contributed by atoms with Crippen LogP contribution in [0.15, 0.2) is 109 Å². The number of carbonyl (C=O) groups is 2. The monoisotopic (exact) mass is 620 g/mol. The van der Waals surface area contributed by atoms with Crippen molar-refractivity contribution in [3.05, 3.63) is 132 Å². The first-order chi connectivity index (χ1) is 20.9. The average Bonchev–Trinajstić information content (AvgIpc) is 3.05. The van der Waals surface area contributed by atoms with Gasteiger partial charge in [-0.1, -0.05) is 72.8 Å². The number of fused-ring (bicyclic) bond motifs is 2. The molecule has 224 valence electrons. The van der Waals surface area contributed by atoms with Gasteiger partial charge >= 0.3 is 41.5 Å². The van der Waals surface area contributed by atoms with Crippen LogP contribution < -0.4 is 29.6 Å². The van der Waals surface area contributed by atoms with Gasteiger partial charge in [-0.15, -0.1) is 0 Å². The van der Waals surface area contributed by atoms with Crippen molar-refractivity contribution in [1.29, 1.82) is 0 Å². The molecule has 0 spiro atoms. The summed E-state index contributed by atoms with van der Waals surface area (Å²) in [6.07, 6.45) is 0. The first kappa shape index (κ1) is 36.6. The number of aliphatic hydroxyl groups excluding tert-OH is 1. The number of pyridine rings is 2. The molecule has 0 amide bonds. The number of nitrogens with zero attached hydrogens (tertiary/aromatic N) is 2. The van der Waals surface area contributed by atoms with Crippen molar-refractivity contribution in [2.75, 3.05) is 14.2 Å². The minimum absolute atomic E-state index is 0. The number of hydrogen-bond donors (Lipinski definition) is 2. The van der Waals surface area contributed by atoms with Crippen LogP contribution in [-0.4, -0.2) is 51.8 Å². The van der Waals surface area contributed by atoms with E-state index < -0.39 is 17.8 Å². The molecule has 0 bridgehead atoms. The van der Waals surface area contributed by atoms with Gasteiger partial charge in [0.05, 0.1) is 18.5 Å². The number of carboxylic acid groups (broad SMARTS) is 1. The Balaban J connectivity index is 0.000000285. The Morgan fingerprint density at radius 1 is 0.644 bits per heavy atom. The number of esters is 1. The van der Waals surface area contributed by atoms with Crippen LogP contribution in [0.3, 0.4) is 0 Å². The summed E-state index contributed by atoms with van der Waals surface area (Å²) in [6.45, 7) is 0. The summed E-state index contributed by atoms with van der Waals surface area (Å²) in [7, 11) is 2.29. The smallest absolute Gasteiger partial charge is 0.870 e. The molecule has 45 heavy (non-hydrogen) atoms. The average molecular weight is 621 g/mol. The summed E-state index contributed by atoms with van der Waals surface area (Å²) in [6, 6.07) is 30.3. The molecule has 2 aromatic heterocycles. The predicted molar refractivity (Wildman–Crippen MR) is 163 cm³/mol. The van der Waals surface area contributed by atoms with Gasteiger partial charge in [-0.3, -0.25) is 0 Å². The summed E-state index contributed by atoms with van der Waals surface area (Å²) in [5, 5.41) is 19.2. The van der Waals surface area contributed by atoms with Crippen LogP contribution in [0.5, 0.6) is 0 Å². The molecule has 0 unspecified atom stereocenters. The van der Waals surface area contributed by atoms with E-state index in [1.54, 1.807) is 60.7 Å². The molecule has 0 atom stereocenters. The zero-order chi connectivity index (χ0) is 30.9. The second kappa shape index (κ2) is 17.0. The Morgan fingerprint density at radius 2 is 1.02 bits per heavy atom. The van der Waals surface area contributed by atoms with Crippen LogP contribution in [0.2, 0.25) is 0 Å². The summed E-state index contributed by atoms with van der Waals surface area (Å²) < 4.78 is 32.7. The number of halogens is 2. The maximum absolute atomic E-state index is 14.1. The van der Waals surface area contributed by atoms with Crippen molar-refractivity contribution in [3.63, 3.8) is 0 Å². The molecule has 0 aliphatic carbocycles. The molecule has 0 aliphatic heterocycles. The molecular weight excluding hydrogens is 593 g/mol. The van der Waals surface area contributed by atoms with E-state index in [-0.39, 0.29) is 52.2 Å². The number of ether oxygens (including phenoxy) is 1. The summed E-state index contributed by atoms with van der Waals surface area (Å²) in [5.74, 6) is -2.48. The molecule has 0 radical (unpaired) electrons. The molecule has 0 aliphatic rings. The summed E-state index contributed by atoms with van der Waals surface area (Å²) in [5.41, 5.74) is 1.51. The fraction of sp³-hybridized carbons (Fsp3) is 0.0588. The minimum atomic E-state index is -1.13. The van der Waals surface area contributed by atoms with E-state index in [9.17, 15) is 18.4 Å². The van der Waals surface area contributed by atoms with Gasteiger partial charge in [0.1, 0.15) is 23.0 Å². The van der Waals surface area contributed by atoms with E-state index in [1.165, 1.54) is 25.3 Å². The van der Waals surface area contributed by atoms with Crippen molar-refractivity contribution in [1.82, 2.24) is 9.97 Å².